The maximum atomic E-state index is 6.94. The molecule has 0 aliphatic carbocycles. The second kappa shape index (κ2) is 24.5. The Morgan fingerprint density at radius 3 is 1.42 bits per heavy atom. The fraction of sp³-hybridized carbons (Fsp3) is 0.0455. The number of ether oxygens (including phenoxy) is 1. The van der Waals surface area contributed by atoms with Gasteiger partial charge in [-0.1, -0.05) is 299 Å². The van der Waals surface area contributed by atoms with Crippen LogP contribution in [-0.4, -0.2) is 30.3 Å². The number of nitrogens with zero attached hydrogens (tertiary/aromatic N) is 4. The molecule has 0 fully saturated rings. The van der Waals surface area contributed by atoms with Gasteiger partial charge in [-0.15, -0.1) is 29.7 Å². The Labute approximate surface area is 576 Å². The van der Waals surface area contributed by atoms with Crippen molar-refractivity contribution in [3.05, 3.63) is 358 Å². The zero-order valence-corrected chi connectivity index (χ0v) is 57.5. The van der Waals surface area contributed by atoms with Gasteiger partial charge < -0.3 is 13.9 Å². The van der Waals surface area contributed by atoms with E-state index in [9.17, 15) is 0 Å². The molecule has 0 radical (unpaired) electrons. The summed E-state index contributed by atoms with van der Waals surface area (Å²) in [5.41, 5.74) is 13.6. The molecular formula is C88H64N4OPtSi2-2. The summed E-state index contributed by atoms with van der Waals surface area (Å²) in [6.45, 7) is 6.71. The van der Waals surface area contributed by atoms with E-state index < -0.39 is 16.1 Å². The molecule has 16 aromatic rings. The molecule has 0 unspecified atom stereocenters. The SMILES string of the molecule is CC(C)(C)c1ccnc(-n2c3[c-]c(Oc4[c-]c(-n5[c-][n+]6c7c(cccc75)-c5ccccc5-c5ccc([Si](c7ccccc7)(c7ccccc7)c7ccccc7)cc5-c5ccc([Si](c7ccccc7)(c7ccccc7)c7ccccc7)cc5-6)ccc4)ccc3c3ccccc32)c1.[Pt]. The molecule has 4 heterocycles. The van der Waals surface area contributed by atoms with Gasteiger partial charge in [0.05, 0.1) is 16.7 Å². The van der Waals surface area contributed by atoms with Crippen LogP contribution in [0.5, 0.6) is 11.5 Å². The molecule has 1 aliphatic rings. The largest absolute Gasteiger partial charge is 0.510 e. The van der Waals surface area contributed by atoms with Crippen LogP contribution in [-0.2, 0) is 26.5 Å². The maximum Gasteiger partial charge on any atom is 0.268 e. The Bertz CT molecular complexity index is 5370. The number of benzene rings is 13. The minimum atomic E-state index is -3.12. The first-order valence-corrected chi connectivity index (χ1v) is 36.6. The molecule has 1 aliphatic heterocycles. The number of para-hydroxylation sites is 2. The zero-order chi connectivity index (χ0) is 63.7. The molecule has 96 heavy (non-hydrogen) atoms. The van der Waals surface area contributed by atoms with E-state index in [1.54, 1.807) is 0 Å². The molecule has 0 spiro atoms. The Kier molecular flexibility index (Phi) is 15.4. The second-order valence-electron chi connectivity index (χ2n) is 25.8. The summed E-state index contributed by atoms with van der Waals surface area (Å²) in [6.07, 6.45) is 6.02. The van der Waals surface area contributed by atoms with E-state index in [0.717, 1.165) is 83.4 Å². The van der Waals surface area contributed by atoms with Gasteiger partial charge in [-0.05, 0) is 121 Å². The number of rotatable bonds is 12. The Balaban J connectivity index is 0.00000725. The smallest absolute Gasteiger partial charge is 0.268 e. The van der Waals surface area contributed by atoms with Gasteiger partial charge in [0.2, 0.25) is 0 Å². The van der Waals surface area contributed by atoms with Crippen molar-refractivity contribution in [3.8, 4) is 62.1 Å². The van der Waals surface area contributed by atoms with E-state index in [-0.39, 0.29) is 26.5 Å². The normalized spacial score (nSPS) is 12.0. The van der Waals surface area contributed by atoms with Crippen molar-refractivity contribution < 1.29 is 30.4 Å². The predicted octanol–water partition coefficient (Wildman–Crippen LogP) is 15.0. The summed E-state index contributed by atoms with van der Waals surface area (Å²) >= 11 is 0. The van der Waals surface area contributed by atoms with Gasteiger partial charge in [-0.2, -0.15) is 18.2 Å². The number of hydrogen-bond acceptors (Lipinski definition) is 2. The van der Waals surface area contributed by atoms with Crippen LogP contribution in [0.2, 0.25) is 0 Å². The Morgan fingerprint density at radius 2 is 0.844 bits per heavy atom. The summed E-state index contributed by atoms with van der Waals surface area (Å²) in [6, 6.07) is 129. The summed E-state index contributed by atoms with van der Waals surface area (Å²) in [4.78, 5) is 4.95. The molecule has 0 saturated carbocycles. The standard InChI is InChI=1S/C88H64N4OSi2.Pt/c1-88(2,3)62-54-55-89-86(56-62)92-82-46-25-24-44-77(82)78-51-48-65(58-85(78)92)93-64-29-26-28-63(57-64)90-61-91-84-60-73(95(69-36-16-7-17-37-69,70-38-18-8-19-39-70)71-40-20-9-21-41-71)50-53-79(84)81-59-72(49-52-76(81)74-42-22-23-43-75(74)80-45-27-47-83(90)87(80)91)94(66-30-10-4-11-31-66,67-32-12-5-13-33-67)68-34-14-6-15-35-68;/h4-56,59-60H,1-3H3;/q-2;. The molecule has 13 aromatic carbocycles. The molecule has 5 nitrogen and oxygen atoms in total. The van der Waals surface area contributed by atoms with Crippen molar-refractivity contribution in [2.75, 3.05) is 0 Å². The number of imidazole rings is 1. The molecule has 0 N–H and O–H groups in total. The van der Waals surface area contributed by atoms with Crippen LogP contribution in [0.3, 0.4) is 0 Å². The van der Waals surface area contributed by atoms with Crippen LogP contribution in [0.1, 0.15) is 26.3 Å². The fourth-order valence-corrected chi connectivity index (χ4v) is 24.7. The minimum absolute atomic E-state index is 0. The summed E-state index contributed by atoms with van der Waals surface area (Å²) in [5, 5.41) is 12.6. The Hall–Kier alpha value is -10.8. The van der Waals surface area contributed by atoms with Crippen LogP contribution in [0.15, 0.2) is 334 Å². The van der Waals surface area contributed by atoms with Crippen LogP contribution in [0.25, 0.3) is 83.4 Å². The zero-order valence-electron chi connectivity index (χ0n) is 53.3. The van der Waals surface area contributed by atoms with Gasteiger partial charge in [0.15, 0.2) is 16.1 Å². The minimum Gasteiger partial charge on any atom is -0.510 e. The van der Waals surface area contributed by atoms with Crippen LogP contribution < -0.4 is 50.8 Å². The second-order valence-corrected chi connectivity index (χ2v) is 33.4. The van der Waals surface area contributed by atoms with Gasteiger partial charge in [-0.3, -0.25) is 4.57 Å². The maximum absolute atomic E-state index is 6.94. The van der Waals surface area contributed by atoms with E-state index >= 15 is 0 Å². The topological polar surface area (TPSA) is 35.9 Å². The van der Waals surface area contributed by atoms with Crippen molar-refractivity contribution in [3.63, 3.8) is 0 Å². The van der Waals surface area contributed by atoms with E-state index in [2.05, 4.69) is 368 Å². The van der Waals surface area contributed by atoms with E-state index in [1.165, 1.54) is 47.1 Å². The molecule has 0 saturated heterocycles. The van der Waals surface area contributed by atoms with E-state index in [4.69, 9.17) is 9.72 Å². The summed E-state index contributed by atoms with van der Waals surface area (Å²) < 4.78 is 13.7. The van der Waals surface area contributed by atoms with Crippen molar-refractivity contribution in [1.29, 1.82) is 0 Å². The first kappa shape index (κ1) is 60.2. The quantitative estimate of drug-likeness (QED) is 0.0529. The van der Waals surface area contributed by atoms with E-state index in [0.29, 0.717) is 11.5 Å². The first-order valence-electron chi connectivity index (χ1n) is 32.6. The van der Waals surface area contributed by atoms with Crippen LogP contribution in [0, 0.1) is 18.5 Å². The van der Waals surface area contributed by atoms with Gasteiger partial charge in [0.25, 0.3) is 6.33 Å². The van der Waals surface area contributed by atoms with E-state index in [1.807, 2.05) is 18.3 Å². The third-order valence-electron chi connectivity index (χ3n) is 19.5. The molecule has 462 valence electrons. The molecule has 0 bridgehead atoms. The molecule has 0 amide bonds. The van der Waals surface area contributed by atoms with Crippen molar-refractivity contribution in [2.45, 2.75) is 26.2 Å². The van der Waals surface area contributed by atoms with Gasteiger partial charge in [0, 0.05) is 44.3 Å². The van der Waals surface area contributed by atoms with Gasteiger partial charge in [0.1, 0.15) is 5.82 Å². The third-order valence-corrected chi connectivity index (χ3v) is 29.0. The third kappa shape index (κ3) is 9.91. The summed E-state index contributed by atoms with van der Waals surface area (Å²) in [5.74, 6) is 1.96. The number of fused-ring (bicyclic) bond motifs is 10. The molecule has 3 aromatic heterocycles. The number of aromatic nitrogens is 4. The molecule has 17 rings (SSSR count). The van der Waals surface area contributed by atoms with Crippen LogP contribution >= 0.6 is 0 Å². The predicted molar refractivity (Wildman–Crippen MR) is 396 cm³/mol. The van der Waals surface area contributed by atoms with Crippen LogP contribution in [0.4, 0.5) is 0 Å². The number of hydrogen-bond donors (Lipinski definition) is 0. The number of pyridine rings is 1. The molecule has 8 heteroatoms. The van der Waals surface area contributed by atoms with Crippen molar-refractivity contribution >= 4 is 90.5 Å². The first-order chi connectivity index (χ1) is 46.7. The average molecular weight is 1440 g/mol. The monoisotopic (exact) mass is 1440 g/mol. The van der Waals surface area contributed by atoms with Crippen molar-refractivity contribution in [2.24, 2.45) is 0 Å². The van der Waals surface area contributed by atoms with Gasteiger partial charge >= 0.3 is 0 Å². The summed E-state index contributed by atoms with van der Waals surface area (Å²) in [7, 11) is -6.18. The van der Waals surface area contributed by atoms with Crippen molar-refractivity contribution in [1.82, 2.24) is 14.1 Å². The average Bonchev–Trinajstić information content (AvgIpc) is 1.38. The van der Waals surface area contributed by atoms with Gasteiger partial charge in [-0.25, -0.2) is 4.98 Å². The molecule has 0 atom stereocenters. The Morgan fingerprint density at radius 1 is 0.375 bits per heavy atom. The fourth-order valence-electron chi connectivity index (χ4n) is 15.1. The molecular weight excluding hydrogens is 1380 g/mol.